The maximum Gasteiger partial charge on any atom is 0.315 e. The molecule has 0 radical (unpaired) electrons. The maximum absolute atomic E-state index is 11.7. The average molecular weight is 283 g/mol. The van der Waals surface area contributed by atoms with Crippen LogP contribution in [0, 0.1) is 0 Å². The minimum absolute atomic E-state index is 0.0530. The number of carboxylic acid groups (broad SMARTS) is 1. The molecule has 0 aliphatic heterocycles. The van der Waals surface area contributed by atoms with E-state index in [0.717, 1.165) is 19.3 Å². The molecule has 0 bridgehead atoms. The van der Waals surface area contributed by atoms with Gasteiger partial charge in [-0.25, -0.2) is 4.79 Å². The van der Waals surface area contributed by atoms with E-state index in [-0.39, 0.29) is 25.3 Å². The largest absolute Gasteiger partial charge is 0.481 e. The number of amides is 3. The van der Waals surface area contributed by atoms with Crippen LogP contribution < -0.4 is 16.0 Å². The van der Waals surface area contributed by atoms with E-state index < -0.39 is 17.5 Å². The summed E-state index contributed by atoms with van der Waals surface area (Å²) in [5.74, 6) is -0.967. The summed E-state index contributed by atoms with van der Waals surface area (Å²) in [6.45, 7) is 0.257. The van der Waals surface area contributed by atoms with E-state index in [1.807, 2.05) is 0 Å². The zero-order valence-corrected chi connectivity index (χ0v) is 11.4. The molecular weight excluding hydrogens is 262 g/mol. The first-order chi connectivity index (χ1) is 9.49. The molecular formula is C13H21N3O4. The molecule has 0 heterocycles. The van der Waals surface area contributed by atoms with Crippen molar-refractivity contribution in [3.8, 4) is 0 Å². The number of carbonyl (C=O) groups is 3. The highest BCUT2D eigenvalue weighted by molar-refractivity contribution is 5.79. The van der Waals surface area contributed by atoms with E-state index in [2.05, 4.69) is 16.0 Å². The van der Waals surface area contributed by atoms with Crippen LogP contribution in [0.15, 0.2) is 0 Å². The number of carbonyl (C=O) groups excluding carboxylic acids is 2. The first-order valence-corrected chi connectivity index (χ1v) is 7.06. The van der Waals surface area contributed by atoms with Gasteiger partial charge in [0.05, 0.1) is 12.0 Å². The minimum Gasteiger partial charge on any atom is -0.481 e. The highest BCUT2D eigenvalue weighted by Gasteiger charge is 2.40. The summed E-state index contributed by atoms with van der Waals surface area (Å²) in [7, 11) is 0. The second-order valence-corrected chi connectivity index (χ2v) is 5.68. The lowest BCUT2D eigenvalue weighted by Crippen LogP contribution is -2.57. The monoisotopic (exact) mass is 283 g/mol. The molecule has 20 heavy (non-hydrogen) atoms. The van der Waals surface area contributed by atoms with Gasteiger partial charge >= 0.3 is 12.0 Å². The fraction of sp³-hybridized carbons (Fsp3) is 0.769. The van der Waals surface area contributed by atoms with E-state index in [1.165, 1.54) is 0 Å². The van der Waals surface area contributed by atoms with Crippen molar-refractivity contribution in [3.05, 3.63) is 0 Å². The molecule has 0 aromatic heterocycles. The van der Waals surface area contributed by atoms with Crippen LogP contribution in [0.3, 0.4) is 0 Å². The van der Waals surface area contributed by atoms with Crippen molar-refractivity contribution in [1.29, 1.82) is 0 Å². The Labute approximate surface area is 117 Å². The second-order valence-electron chi connectivity index (χ2n) is 5.68. The Kier molecular flexibility index (Phi) is 4.46. The summed E-state index contributed by atoms with van der Waals surface area (Å²) in [4.78, 5) is 33.9. The van der Waals surface area contributed by atoms with Gasteiger partial charge in [-0.1, -0.05) is 0 Å². The van der Waals surface area contributed by atoms with Crippen LogP contribution in [0.5, 0.6) is 0 Å². The van der Waals surface area contributed by atoms with Crippen LogP contribution >= 0.6 is 0 Å². The van der Waals surface area contributed by atoms with Gasteiger partial charge in [0, 0.05) is 19.0 Å². The number of urea groups is 1. The maximum atomic E-state index is 11.7. The lowest BCUT2D eigenvalue weighted by Gasteiger charge is -2.41. The third kappa shape index (κ3) is 4.40. The van der Waals surface area contributed by atoms with Crippen molar-refractivity contribution < 1.29 is 19.5 Å². The number of nitrogens with one attached hydrogen (secondary N) is 3. The minimum atomic E-state index is -0.909. The Morgan fingerprint density at radius 3 is 2.40 bits per heavy atom. The summed E-state index contributed by atoms with van der Waals surface area (Å²) in [5.41, 5.74) is -0.605. The van der Waals surface area contributed by atoms with Crippen LogP contribution in [-0.2, 0) is 9.59 Å². The second kappa shape index (κ2) is 6.11. The number of aliphatic carboxylic acids is 1. The quantitative estimate of drug-likeness (QED) is 0.540. The summed E-state index contributed by atoms with van der Waals surface area (Å²) >= 11 is 0. The van der Waals surface area contributed by atoms with Gasteiger partial charge in [0.1, 0.15) is 0 Å². The van der Waals surface area contributed by atoms with Crippen molar-refractivity contribution >= 4 is 17.9 Å². The highest BCUT2D eigenvalue weighted by Crippen LogP contribution is 2.34. The molecule has 2 aliphatic carbocycles. The Balaban J connectivity index is 1.63. The molecule has 0 saturated heterocycles. The van der Waals surface area contributed by atoms with Gasteiger partial charge in [-0.05, 0) is 32.1 Å². The van der Waals surface area contributed by atoms with E-state index in [0.29, 0.717) is 18.9 Å². The van der Waals surface area contributed by atoms with Crippen LogP contribution in [0.1, 0.15) is 44.9 Å². The number of carboxylic acids is 1. The SMILES string of the molecule is O=C(O)CC1(NC(=O)NCCC(=O)NC2CC2)CCC1. The fourth-order valence-electron chi connectivity index (χ4n) is 2.34. The van der Waals surface area contributed by atoms with E-state index in [4.69, 9.17) is 5.11 Å². The molecule has 7 heteroatoms. The highest BCUT2D eigenvalue weighted by atomic mass is 16.4. The van der Waals surface area contributed by atoms with Gasteiger partial charge in [-0.2, -0.15) is 0 Å². The van der Waals surface area contributed by atoms with Gasteiger partial charge in [-0.15, -0.1) is 0 Å². The van der Waals surface area contributed by atoms with Crippen LogP contribution in [0.25, 0.3) is 0 Å². The van der Waals surface area contributed by atoms with Crippen LogP contribution in [0.2, 0.25) is 0 Å². The molecule has 0 unspecified atom stereocenters. The van der Waals surface area contributed by atoms with E-state index >= 15 is 0 Å². The molecule has 7 nitrogen and oxygen atoms in total. The first kappa shape index (κ1) is 14.6. The van der Waals surface area contributed by atoms with Crippen LogP contribution in [-0.4, -0.2) is 41.1 Å². The lowest BCUT2D eigenvalue weighted by atomic mass is 9.74. The first-order valence-electron chi connectivity index (χ1n) is 7.06. The van der Waals surface area contributed by atoms with Gasteiger partial charge in [0.25, 0.3) is 0 Å². The molecule has 2 saturated carbocycles. The van der Waals surface area contributed by atoms with Crippen molar-refractivity contribution in [2.45, 2.75) is 56.5 Å². The smallest absolute Gasteiger partial charge is 0.315 e. The zero-order valence-electron chi connectivity index (χ0n) is 11.4. The van der Waals surface area contributed by atoms with Gasteiger partial charge < -0.3 is 21.1 Å². The predicted octanol–water partition coefficient (Wildman–Crippen LogP) is 0.352. The standard InChI is InChI=1S/C13H21N3O4/c17-10(15-9-2-3-9)4-7-14-12(20)16-13(5-1-6-13)8-11(18)19/h9H,1-8H2,(H,15,17)(H,18,19)(H2,14,16,20). The predicted molar refractivity (Wildman–Crippen MR) is 71.2 cm³/mol. The molecule has 0 spiro atoms. The molecule has 0 aromatic carbocycles. The van der Waals surface area contributed by atoms with Gasteiger partial charge in [-0.3, -0.25) is 9.59 Å². The molecule has 2 rings (SSSR count). The lowest BCUT2D eigenvalue weighted by molar-refractivity contribution is -0.139. The molecule has 112 valence electrons. The summed E-state index contributed by atoms with van der Waals surface area (Å²) in [6, 6.07) is -0.0738. The molecule has 4 N–H and O–H groups in total. The molecule has 2 aliphatic rings. The van der Waals surface area contributed by atoms with E-state index in [1.54, 1.807) is 0 Å². The Morgan fingerprint density at radius 2 is 1.90 bits per heavy atom. The topological polar surface area (TPSA) is 108 Å². The summed E-state index contributed by atoms with van der Waals surface area (Å²) in [5, 5.41) is 17.0. The molecule has 0 aromatic rings. The van der Waals surface area contributed by atoms with Crippen molar-refractivity contribution in [3.63, 3.8) is 0 Å². The number of rotatable bonds is 7. The number of hydrogen-bond donors (Lipinski definition) is 4. The average Bonchev–Trinajstić information content (AvgIpc) is 3.09. The Morgan fingerprint density at radius 1 is 1.20 bits per heavy atom. The zero-order chi connectivity index (χ0) is 14.6. The molecule has 2 fully saturated rings. The fourth-order valence-corrected chi connectivity index (χ4v) is 2.34. The Bertz CT molecular complexity index is 402. The molecule has 3 amide bonds. The summed E-state index contributed by atoms with van der Waals surface area (Å²) < 4.78 is 0. The van der Waals surface area contributed by atoms with Crippen LogP contribution in [0.4, 0.5) is 4.79 Å². The van der Waals surface area contributed by atoms with Gasteiger partial charge in [0.2, 0.25) is 5.91 Å². The molecule has 0 atom stereocenters. The summed E-state index contributed by atoms with van der Waals surface area (Å²) in [6.07, 6.45) is 4.58. The number of hydrogen-bond acceptors (Lipinski definition) is 3. The Hall–Kier alpha value is -1.79. The third-order valence-corrected chi connectivity index (χ3v) is 3.76. The van der Waals surface area contributed by atoms with Crippen molar-refractivity contribution in [1.82, 2.24) is 16.0 Å². The third-order valence-electron chi connectivity index (χ3n) is 3.76. The van der Waals surface area contributed by atoms with Gasteiger partial charge in [0.15, 0.2) is 0 Å². The normalized spacial score (nSPS) is 19.6. The van der Waals surface area contributed by atoms with E-state index in [9.17, 15) is 14.4 Å². The van der Waals surface area contributed by atoms with Crippen molar-refractivity contribution in [2.24, 2.45) is 0 Å². The van der Waals surface area contributed by atoms with Crippen molar-refractivity contribution in [2.75, 3.05) is 6.54 Å².